The third-order valence-corrected chi connectivity index (χ3v) is 8.61. The lowest BCUT2D eigenvalue weighted by molar-refractivity contribution is -0.144. The molecule has 8 heteroatoms. The Morgan fingerprint density at radius 2 is 1.66 bits per heavy atom. The van der Waals surface area contributed by atoms with Gasteiger partial charge in [-0.05, 0) is 54.3 Å². The summed E-state index contributed by atoms with van der Waals surface area (Å²) < 4.78 is 6.72. The van der Waals surface area contributed by atoms with Crippen molar-refractivity contribution in [3.63, 3.8) is 0 Å². The molecule has 2 bridgehead atoms. The summed E-state index contributed by atoms with van der Waals surface area (Å²) in [5.74, 6) is -2.52. The quantitative estimate of drug-likeness (QED) is 0.448. The summed E-state index contributed by atoms with van der Waals surface area (Å²) in [4.78, 5) is 42.9. The van der Waals surface area contributed by atoms with Crippen molar-refractivity contribution < 1.29 is 24.2 Å². The second kappa shape index (κ2) is 9.22. The van der Waals surface area contributed by atoms with Gasteiger partial charge in [0, 0.05) is 17.9 Å². The fraction of sp³-hybridized carbons (Fsp3) is 0.367. The SMILES string of the molecule is CC[C@]12CCC3(O1)C(C(=O)Nc1ccc4ccccc4c1)N(CCO)C(=O)[C@@H]3[C@H]2C(=O)Nc1ccccc1. The van der Waals surface area contributed by atoms with Gasteiger partial charge in [-0.3, -0.25) is 14.4 Å². The number of β-amino-alcohol motifs (C(OH)–C–C–N with tert-alkyl or cyclic N) is 1. The molecule has 3 amide bonds. The van der Waals surface area contributed by atoms with Crippen LogP contribution in [0.4, 0.5) is 11.4 Å². The van der Waals surface area contributed by atoms with Crippen LogP contribution in [0.15, 0.2) is 72.8 Å². The highest BCUT2D eigenvalue weighted by Gasteiger charge is 2.78. The van der Waals surface area contributed by atoms with E-state index in [1.807, 2.05) is 67.6 Å². The third kappa shape index (κ3) is 3.62. The van der Waals surface area contributed by atoms with Gasteiger partial charge in [0.25, 0.3) is 0 Å². The van der Waals surface area contributed by atoms with Gasteiger partial charge in [-0.25, -0.2) is 0 Å². The van der Waals surface area contributed by atoms with Crippen LogP contribution in [0.2, 0.25) is 0 Å². The first kappa shape index (κ1) is 24.6. The average molecular weight is 514 g/mol. The van der Waals surface area contributed by atoms with E-state index in [1.54, 1.807) is 12.1 Å². The van der Waals surface area contributed by atoms with E-state index in [0.717, 1.165) is 10.8 Å². The monoisotopic (exact) mass is 513 g/mol. The highest BCUT2D eigenvalue weighted by molar-refractivity contribution is 6.05. The van der Waals surface area contributed by atoms with Crippen molar-refractivity contribution in [1.82, 2.24) is 4.90 Å². The molecule has 5 atom stereocenters. The van der Waals surface area contributed by atoms with Gasteiger partial charge in [0.15, 0.2) is 0 Å². The van der Waals surface area contributed by atoms with E-state index in [0.29, 0.717) is 30.6 Å². The smallest absolute Gasteiger partial charge is 0.250 e. The minimum Gasteiger partial charge on any atom is -0.395 e. The summed E-state index contributed by atoms with van der Waals surface area (Å²) in [5.41, 5.74) is -0.710. The number of benzene rings is 3. The van der Waals surface area contributed by atoms with Crippen molar-refractivity contribution in [2.75, 3.05) is 23.8 Å². The number of carbonyl (C=O) groups excluding carboxylic acids is 3. The maximum Gasteiger partial charge on any atom is 0.250 e. The Labute approximate surface area is 221 Å². The Morgan fingerprint density at radius 3 is 2.39 bits per heavy atom. The molecule has 3 aliphatic rings. The van der Waals surface area contributed by atoms with Crippen molar-refractivity contribution in [1.29, 1.82) is 0 Å². The second-order valence-electron chi connectivity index (χ2n) is 10.5. The second-order valence-corrected chi connectivity index (χ2v) is 10.5. The molecule has 0 saturated carbocycles. The van der Waals surface area contributed by atoms with Crippen molar-refractivity contribution in [3.05, 3.63) is 72.8 Å². The molecular formula is C30H31N3O5. The zero-order valence-electron chi connectivity index (χ0n) is 21.2. The van der Waals surface area contributed by atoms with Gasteiger partial charge in [0.2, 0.25) is 17.7 Å². The number of para-hydroxylation sites is 1. The molecule has 8 nitrogen and oxygen atoms in total. The minimum atomic E-state index is -1.14. The highest BCUT2D eigenvalue weighted by atomic mass is 16.5. The van der Waals surface area contributed by atoms with E-state index in [1.165, 1.54) is 4.90 Å². The Kier molecular flexibility index (Phi) is 5.96. The van der Waals surface area contributed by atoms with Gasteiger partial charge in [-0.1, -0.05) is 55.5 Å². The molecule has 0 aromatic heterocycles. The molecule has 0 aliphatic carbocycles. The van der Waals surface area contributed by atoms with Gasteiger partial charge >= 0.3 is 0 Å². The van der Waals surface area contributed by atoms with Crippen molar-refractivity contribution in [3.8, 4) is 0 Å². The first-order chi connectivity index (χ1) is 18.4. The number of fused-ring (bicyclic) bond motifs is 2. The van der Waals surface area contributed by atoms with Crippen LogP contribution in [0.5, 0.6) is 0 Å². The molecule has 3 fully saturated rings. The Hall–Kier alpha value is -3.75. The number of nitrogens with zero attached hydrogens (tertiary/aromatic N) is 1. The van der Waals surface area contributed by atoms with Crippen LogP contribution in [-0.2, 0) is 19.1 Å². The van der Waals surface area contributed by atoms with Gasteiger partial charge in [0.05, 0.1) is 24.0 Å². The maximum atomic E-state index is 13.9. The number of hydrogen-bond donors (Lipinski definition) is 3. The van der Waals surface area contributed by atoms with Crippen LogP contribution in [0.3, 0.4) is 0 Å². The van der Waals surface area contributed by atoms with Crippen LogP contribution in [0.25, 0.3) is 10.8 Å². The molecule has 3 heterocycles. The van der Waals surface area contributed by atoms with Gasteiger partial charge in [0.1, 0.15) is 11.6 Å². The molecule has 0 radical (unpaired) electrons. The van der Waals surface area contributed by atoms with E-state index in [9.17, 15) is 19.5 Å². The predicted octanol–water partition coefficient (Wildman–Crippen LogP) is 3.56. The largest absolute Gasteiger partial charge is 0.395 e. The first-order valence-electron chi connectivity index (χ1n) is 13.2. The predicted molar refractivity (Wildman–Crippen MR) is 143 cm³/mol. The lowest BCUT2D eigenvalue weighted by Gasteiger charge is -2.33. The molecule has 1 spiro atoms. The zero-order chi connectivity index (χ0) is 26.5. The Bertz CT molecular complexity index is 1410. The number of hydrogen-bond acceptors (Lipinski definition) is 5. The Balaban J connectivity index is 1.35. The zero-order valence-corrected chi connectivity index (χ0v) is 21.2. The average Bonchev–Trinajstić information content (AvgIpc) is 3.53. The number of anilines is 2. The van der Waals surface area contributed by atoms with E-state index in [4.69, 9.17) is 4.74 Å². The number of nitrogens with one attached hydrogen (secondary N) is 2. The van der Waals surface area contributed by atoms with Crippen LogP contribution < -0.4 is 10.6 Å². The van der Waals surface area contributed by atoms with Crippen LogP contribution in [0, 0.1) is 11.8 Å². The van der Waals surface area contributed by atoms with E-state index >= 15 is 0 Å². The number of ether oxygens (including phenoxy) is 1. The normalized spacial score (nSPS) is 29.5. The first-order valence-corrected chi connectivity index (χ1v) is 13.2. The molecule has 3 aromatic rings. The van der Waals surface area contributed by atoms with Crippen LogP contribution in [0.1, 0.15) is 26.2 Å². The number of rotatable bonds is 7. The number of aliphatic hydroxyl groups is 1. The van der Waals surface area contributed by atoms with Crippen LogP contribution in [-0.4, -0.2) is 58.1 Å². The lowest BCUT2D eigenvalue weighted by atomic mass is 9.65. The summed E-state index contributed by atoms with van der Waals surface area (Å²) in [6.07, 6.45) is 1.61. The lowest BCUT2D eigenvalue weighted by Crippen LogP contribution is -2.53. The number of aliphatic hydroxyl groups excluding tert-OH is 1. The number of amides is 3. The molecule has 3 saturated heterocycles. The van der Waals surface area contributed by atoms with Crippen LogP contribution >= 0.6 is 0 Å². The molecule has 3 aromatic carbocycles. The standard InChI is InChI=1S/C30H31N3O5/c1-2-29-14-15-30(38-29)24(23(29)26(35)31-21-10-4-3-5-11-21)28(37)33(16-17-34)25(30)27(36)32-22-13-12-19-8-6-7-9-20(19)18-22/h3-13,18,23-25,34H,2,14-17H2,1H3,(H,31,35)(H,32,36)/t23-,24-,25?,29+,30?/m0/s1. The summed E-state index contributed by atoms with van der Waals surface area (Å²) in [6, 6.07) is 21.7. The summed E-state index contributed by atoms with van der Waals surface area (Å²) in [5, 5.41) is 17.8. The van der Waals surface area contributed by atoms with Gasteiger partial charge in [-0.15, -0.1) is 0 Å². The highest BCUT2D eigenvalue weighted by Crippen LogP contribution is 2.64. The molecule has 3 aliphatic heterocycles. The molecular weight excluding hydrogens is 482 g/mol. The van der Waals surface area contributed by atoms with Crippen molar-refractivity contribution in [2.45, 2.75) is 43.4 Å². The molecule has 38 heavy (non-hydrogen) atoms. The molecule has 2 unspecified atom stereocenters. The van der Waals surface area contributed by atoms with Gasteiger partial charge in [-0.2, -0.15) is 0 Å². The third-order valence-electron chi connectivity index (χ3n) is 8.61. The fourth-order valence-electron chi connectivity index (χ4n) is 6.98. The Morgan fingerprint density at radius 1 is 0.947 bits per heavy atom. The number of carbonyl (C=O) groups is 3. The molecule has 6 rings (SSSR count). The fourth-order valence-corrected chi connectivity index (χ4v) is 6.98. The number of likely N-dealkylation sites (tertiary alicyclic amines) is 1. The molecule has 196 valence electrons. The topological polar surface area (TPSA) is 108 Å². The van der Waals surface area contributed by atoms with E-state index in [-0.39, 0.29) is 30.9 Å². The maximum absolute atomic E-state index is 13.9. The minimum absolute atomic E-state index is 0.0115. The summed E-state index contributed by atoms with van der Waals surface area (Å²) in [7, 11) is 0. The summed E-state index contributed by atoms with van der Waals surface area (Å²) >= 11 is 0. The van der Waals surface area contributed by atoms with Gasteiger partial charge < -0.3 is 25.4 Å². The van der Waals surface area contributed by atoms with Crippen molar-refractivity contribution in [2.24, 2.45) is 11.8 Å². The van der Waals surface area contributed by atoms with E-state index in [2.05, 4.69) is 10.6 Å². The van der Waals surface area contributed by atoms with Crippen molar-refractivity contribution >= 4 is 39.9 Å². The summed E-state index contributed by atoms with van der Waals surface area (Å²) in [6.45, 7) is 1.65. The molecule has 3 N–H and O–H groups in total. The van der Waals surface area contributed by atoms with E-state index < -0.39 is 29.1 Å².